The Hall–Kier alpha value is -2.26. The van der Waals surface area contributed by atoms with E-state index in [0.29, 0.717) is 19.1 Å². The van der Waals surface area contributed by atoms with Crippen molar-refractivity contribution in [2.45, 2.75) is 19.9 Å². The first kappa shape index (κ1) is 20.1. The number of ether oxygens (including phenoxy) is 1. The van der Waals surface area contributed by atoms with Gasteiger partial charge in [0.15, 0.2) is 17.3 Å². The second-order valence-corrected chi connectivity index (χ2v) is 7.62. The van der Waals surface area contributed by atoms with E-state index in [1.807, 2.05) is 38.1 Å². The fourth-order valence-electron chi connectivity index (χ4n) is 2.43. The molecule has 0 aliphatic carbocycles. The van der Waals surface area contributed by atoms with E-state index in [1.165, 1.54) is 0 Å². The van der Waals surface area contributed by atoms with Crippen LogP contribution in [0.25, 0.3) is 11.0 Å². The molecule has 9 heteroatoms. The van der Waals surface area contributed by atoms with E-state index in [1.54, 1.807) is 7.05 Å². The summed E-state index contributed by atoms with van der Waals surface area (Å²) in [6.07, 6.45) is 1.13. The lowest BCUT2D eigenvalue weighted by Gasteiger charge is -2.16. The van der Waals surface area contributed by atoms with Crippen molar-refractivity contribution >= 4 is 27.0 Å². The minimum Gasteiger partial charge on any atom is -0.490 e. The number of fused-ring (bicyclic) bond motifs is 1. The summed E-state index contributed by atoms with van der Waals surface area (Å²) in [6, 6.07) is 7.62. The standard InChI is InChI=1S/C17H26N4O4S/c1-5-24-14-8-6-7-13-11-15(25-16(13)14)12(2)21-17(18-3)19-9-10-20-26(4,22)23/h6-8,11-12,20H,5,9-10H2,1-4H3,(H2,18,19,21). The van der Waals surface area contributed by atoms with Gasteiger partial charge in [-0.1, -0.05) is 12.1 Å². The number of furan rings is 1. The molecule has 0 aliphatic heterocycles. The van der Waals surface area contributed by atoms with E-state index in [0.717, 1.165) is 28.7 Å². The molecule has 0 amide bonds. The van der Waals surface area contributed by atoms with Crippen molar-refractivity contribution in [2.75, 3.05) is 33.0 Å². The van der Waals surface area contributed by atoms with Crippen LogP contribution in [-0.4, -0.2) is 47.4 Å². The van der Waals surface area contributed by atoms with Gasteiger partial charge in [-0.2, -0.15) is 0 Å². The minimum absolute atomic E-state index is 0.133. The molecule has 1 aromatic carbocycles. The molecule has 0 saturated carbocycles. The Kier molecular flexibility index (Phi) is 6.87. The van der Waals surface area contributed by atoms with Gasteiger partial charge in [-0.25, -0.2) is 13.1 Å². The molecule has 0 radical (unpaired) electrons. The van der Waals surface area contributed by atoms with Gasteiger partial charge < -0.3 is 19.8 Å². The number of rotatable bonds is 8. The van der Waals surface area contributed by atoms with E-state index in [4.69, 9.17) is 9.15 Å². The predicted molar refractivity (Wildman–Crippen MR) is 103 cm³/mol. The number of guanidine groups is 1. The highest BCUT2D eigenvalue weighted by Crippen LogP contribution is 2.31. The summed E-state index contributed by atoms with van der Waals surface area (Å²) in [5, 5.41) is 7.25. The maximum absolute atomic E-state index is 11.1. The number of aliphatic imine (C=N–C) groups is 1. The molecule has 2 rings (SSSR count). The molecular weight excluding hydrogens is 356 g/mol. The summed E-state index contributed by atoms with van der Waals surface area (Å²) in [5.41, 5.74) is 0.721. The van der Waals surface area contributed by atoms with Crippen molar-refractivity contribution in [1.82, 2.24) is 15.4 Å². The zero-order chi connectivity index (χ0) is 19.2. The number of nitrogens with zero attached hydrogens (tertiary/aromatic N) is 1. The van der Waals surface area contributed by atoms with Crippen molar-refractivity contribution in [3.05, 3.63) is 30.0 Å². The molecular formula is C17H26N4O4S. The van der Waals surface area contributed by atoms with Gasteiger partial charge in [-0.05, 0) is 26.0 Å². The van der Waals surface area contributed by atoms with Crippen LogP contribution in [0.5, 0.6) is 5.75 Å². The van der Waals surface area contributed by atoms with E-state index in [9.17, 15) is 8.42 Å². The highest BCUT2D eigenvalue weighted by Gasteiger charge is 2.15. The minimum atomic E-state index is -3.20. The number of benzene rings is 1. The Morgan fingerprint density at radius 1 is 1.35 bits per heavy atom. The number of hydrogen-bond donors (Lipinski definition) is 3. The third-order valence-electron chi connectivity index (χ3n) is 3.61. The second-order valence-electron chi connectivity index (χ2n) is 5.79. The SMILES string of the molecule is CCOc1cccc2cc(C(C)NC(=NC)NCCNS(C)(=O)=O)oc12. The molecule has 26 heavy (non-hydrogen) atoms. The van der Waals surface area contributed by atoms with Crippen LogP contribution in [0.15, 0.2) is 33.7 Å². The van der Waals surface area contributed by atoms with Crippen LogP contribution in [-0.2, 0) is 10.0 Å². The fraction of sp³-hybridized carbons (Fsp3) is 0.471. The molecule has 2 aromatic rings. The lowest BCUT2D eigenvalue weighted by atomic mass is 10.2. The summed E-state index contributed by atoms with van der Waals surface area (Å²) in [5.74, 6) is 2.03. The van der Waals surface area contributed by atoms with Crippen LogP contribution < -0.4 is 20.1 Å². The highest BCUT2D eigenvalue weighted by molar-refractivity contribution is 7.88. The van der Waals surface area contributed by atoms with Crippen molar-refractivity contribution in [2.24, 2.45) is 4.99 Å². The van der Waals surface area contributed by atoms with Crippen LogP contribution in [0.1, 0.15) is 25.6 Å². The highest BCUT2D eigenvalue weighted by atomic mass is 32.2. The molecule has 3 N–H and O–H groups in total. The van der Waals surface area contributed by atoms with Crippen molar-refractivity contribution in [3.8, 4) is 5.75 Å². The van der Waals surface area contributed by atoms with Gasteiger partial charge >= 0.3 is 0 Å². The molecule has 0 fully saturated rings. The zero-order valence-corrected chi connectivity index (χ0v) is 16.3. The average molecular weight is 382 g/mol. The molecule has 1 heterocycles. The number of sulfonamides is 1. The van der Waals surface area contributed by atoms with Crippen LogP contribution in [0.4, 0.5) is 0 Å². The molecule has 1 atom stereocenters. The van der Waals surface area contributed by atoms with Crippen LogP contribution >= 0.6 is 0 Å². The maximum Gasteiger partial charge on any atom is 0.208 e. The number of nitrogens with one attached hydrogen (secondary N) is 3. The molecule has 144 valence electrons. The molecule has 0 spiro atoms. The Balaban J connectivity index is 2.00. The fourth-order valence-corrected chi connectivity index (χ4v) is 2.90. The summed E-state index contributed by atoms with van der Waals surface area (Å²) < 4.78 is 36.1. The zero-order valence-electron chi connectivity index (χ0n) is 15.5. The van der Waals surface area contributed by atoms with E-state index in [2.05, 4.69) is 20.3 Å². The van der Waals surface area contributed by atoms with Crippen molar-refractivity contribution in [3.63, 3.8) is 0 Å². The van der Waals surface area contributed by atoms with Gasteiger partial charge in [0, 0.05) is 25.5 Å². The van der Waals surface area contributed by atoms with Gasteiger partial charge in [0.05, 0.1) is 18.9 Å². The Morgan fingerprint density at radius 3 is 2.77 bits per heavy atom. The third kappa shape index (κ3) is 5.63. The molecule has 0 aliphatic rings. The molecule has 1 unspecified atom stereocenters. The average Bonchev–Trinajstić information content (AvgIpc) is 3.02. The summed E-state index contributed by atoms with van der Waals surface area (Å²) in [6.45, 7) is 5.15. The predicted octanol–water partition coefficient (Wildman–Crippen LogP) is 1.61. The smallest absolute Gasteiger partial charge is 0.208 e. The van der Waals surface area contributed by atoms with E-state index in [-0.39, 0.29) is 12.6 Å². The van der Waals surface area contributed by atoms with Gasteiger partial charge in [0.2, 0.25) is 10.0 Å². The second kappa shape index (κ2) is 8.91. The Bertz CT molecular complexity index is 861. The summed E-state index contributed by atoms with van der Waals surface area (Å²) in [7, 11) is -1.55. The summed E-state index contributed by atoms with van der Waals surface area (Å²) >= 11 is 0. The number of hydrogen-bond acceptors (Lipinski definition) is 5. The largest absolute Gasteiger partial charge is 0.490 e. The van der Waals surface area contributed by atoms with Crippen LogP contribution in [0.3, 0.4) is 0 Å². The normalized spacial score (nSPS) is 13.6. The molecule has 0 bridgehead atoms. The monoisotopic (exact) mass is 382 g/mol. The van der Waals surface area contributed by atoms with Crippen LogP contribution in [0.2, 0.25) is 0 Å². The first-order valence-corrected chi connectivity index (χ1v) is 10.3. The number of para-hydroxylation sites is 1. The Labute approximate surface area is 154 Å². The van der Waals surface area contributed by atoms with Gasteiger partial charge in [-0.15, -0.1) is 0 Å². The first-order valence-electron chi connectivity index (χ1n) is 8.41. The first-order chi connectivity index (χ1) is 12.3. The maximum atomic E-state index is 11.1. The van der Waals surface area contributed by atoms with Gasteiger partial charge in [0.25, 0.3) is 0 Å². The summed E-state index contributed by atoms with van der Waals surface area (Å²) in [4.78, 5) is 4.14. The van der Waals surface area contributed by atoms with Crippen molar-refractivity contribution < 1.29 is 17.6 Å². The molecule has 1 aromatic heterocycles. The lowest BCUT2D eigenvalue weighted by molar-refractivity contribution is 0.336. The topological polar surface area (TPSA) is 105 Å². The third-order valence-corrected chi connectivity index (χ3v) is 4.34. The quantitative estimate of drug-likeness (QED) is 0.364. The Morgan fingerprint density at radius 2 is 2.12 bits per heavy atom. The van der Waals surface area contributed by atoms with E-state index < -0.39 is 10.0 Å². The van der Waals surface area contributed by atoms with Crippen molar-refractivity contribution in [1.29, 1.82) is 0 Å². The van der Waals surface area contributed by atoms with Gasteiger partial charge in [-0.3, -0.25) is 4.99 Å². The van der Waals surface area contributed by atoms with Gasteiger partial charge in [0.1, 0.15) is 5.76 Å². The lowest BCUT2D eigenvalue weighted by Crippen LogP contribution is -2.42. The molecule has 0 saturated heterocycles. The van der Waals surface area contributed by atoms with E-state index >= 15 is 0 Å². The molecule has 8 nitrogen and oxygen atoms in total. The van der Waals surface area contributed by atoms with Crippen LogP contribution in [0, 0.1) is 0 Å².